The molecule has 2 atom stereocenters. The number of hydrogen-bond acceptors (Lipinski definition) is 7. The molecule has 0 saturated heterocycles. The summed E-state index contributed by atoms with van der Waals surface area (Å²) in [6.45, 7) is 11.4. The van der Waals surface area contributed by atoms with Gasteiger partial charge < -0.3 is 24.6 Å². The Kier molecular flexibility index (Phi) is 38.2. The van der Waals surface area contributed by atoms with Crippen LogP contribution >= 0.6 is 11.8 Å². The van der Waals surface area contributed by atoms with Gasteiger partial charge in [-0.05, 0) is 89.6 Å². The smallest absolute Gasteiger partial charge is 0.319 e. The highest BCUT2D eigenvalue weighted by Gasteiger charge is 2.19. The van der Waals surface area contributed by atoms with E-state index in [0.29, 0.717) is 13.2 Å². The fraction of sp³-hybridized carbons (Fsp3) is 0.975. The standard InChI is InChI=1S/C40H81NO5S/c1-4-7-10-12-13-14-20-28-37-47-38(29-9-6-3)40(44)46-36-27-19-17-23-32-41(33-24-25-34-42)31-22-16-18-26-35-45-39(43)30-21-15-11-8-5-2/h38-39,42-43H,4-37H2,1-3H3. The van der Waals surface area contributed by atoms with E-state index in [9.17, 15) is 15.0 Å². The molecule has 0 aromatic carbocycles. The first-order valence-electron chi connectivity index (χ1n) is 20.5. The topological polar surface area (TPSA) is 79.2 Å². The molecule has 0 bridgehead atoms. The number of aliphatic hydroxyl groups excluding tert-OH is 2. The van der Waals surface area contributed by atoms with Gasteiger partial charge in [0.1, 0.15) is 5.25 Å². The summed E-state index contributed by atoms with van der Waals surface area (Å²) < 4.78 is 11.4. The summed E-state index contributed by atoms with van der Waals surface area (Å²) in [5, 5.41) is 19.3. The maximum atomic E-state index is 12.8. The molecule has 0 aliphatic carbocycles. The fourth-order valence-electron chi connectivity index (χ4n) is 5.98. The van der Waals surface area contributed by atoms with E-state index in [1.54, 1.807) is 0 Å². The van der Waals surface area contributed by atoms with Gasteiger partial charge in [-0.1, -0.05) is 130 Å². The maximum absolute atomic E-state index is 12.8. The van der Waals surface area contributed by atoms with Crippen LogP contribution in [0.5, 0.6) is 0 Å². The van der Waals surface area contributed by atoms with Gasteiger partial charge in [-0.2, -0.15) is 0 Å². The van der Waals surface area contributed by atoms with Crippen molar-refractivity contribution < 1.29 is 24.5 Å². The number of aliphatic hydroxyl groups is 2. The van der Waals surface area contributed by atoms with E-state index in [4.69, 9.17) is 9.47 Å². The number of rotatable bonds is 39. The molecule has 0 radical (unpaired) electrons. The highest BCUT2D eigenvalue weighted by molar-refractivity contribution is 8.00. The summed E-state index contributed by atoms with van der Waals surface area (Å²) in [4.78, 5) is 15.4. The highest BCUT2D eigenvalue weighted by Crippen LogP contribution is 2.22. The third-order valence-electron chi connectivity index (χ3n) is 9.13. The van der Waals surface area contributed by atoms with Crippen molar-refractivity contribution in [2.45, 2.75) is 206 Å². The van der Waals surface area contributed by atoms with E-state index in [1.807, 2.05) is 11.8 Å². The summed E-state index contributed by atoms with van der Waals surface area (Å²) in [6, 6.07) is 0. The number of unbranched alkanes of at least 4 members (excludes halogenated alkanes) is 19. The zero-order valence-electron chi connectivity index (χ0n) is 31.7. The number of carbonyl (C=O) groups excluding carboxylic acids is 1. The van der Waals surface area contributed by atoms with Crippen LogP contribution in [0.1, 0.15) is 194 Å². The minimum Gasteiger partial charge on any atom is -0.465 e. The third-order valence-corrected chi connectivity index (χ3v) is 10.5. The Morgan fingerprint density at radius 2 is 1.06 bits per heavy atom. The van der Waals surface area contributed by atoms with Crippen molar-refractivity contribution in [2.75, 3.05) is 45.2 Å². The van der Waals surface area contributed by atoms with Crippen molar-refractivity contribution in [3.8, 4) is 0 Å². The van der Waals surface area contributed by atoms with Crippen molar-refractivity contribution in [3.63, 3.8) is 0 Å². The zero-order valence-corrected chi connectivity index (χ0v) is 32.5. The Hall–Kier alpha value is -0.340. The van der Waals surface area contributed by atoms with Gasteiger partial charge in [0.25, 0.3) is 0 Å². The third kappa shape index (κ3) is 33.9. The van der Waals surface area contributed by atoms with Crippen LogP contribution in [0.2, 0.25) is 0 Å². The molecule has 0 saturated carbocycles. The van der Waals surface area contributed by atoms with Crippen LogP contribution in [-0.2, 0) is 14.3 Å². The van der Waals surface area contributed by atoms with E-state index in [1.165, 1.54) is 103 Å². The molecular weight excluding hydrogens is 607 g/mol. The molecule has 0 aromatic rings. The molecule has 0 aliphatic rings. The van der Waals surface area contributed by atoms with Crippen LogP contribution in [0, 0.1) is 0 Å². The lowest BCUT2D eigenvalue weighted by Crippen LogP contribution is -2.27. The van der Waals surface area contributed by atoms with Crippen molar-refractivity contribution in [3.05, 3.63) is 0 Å². The van der Waals surface area contributed by atoms with E-state index in [0.717, 1.165) is 96.0 Å². The number of esters is 1. The molecule has 0 amide bonds. The van der Waals surface area contributed by atoms with Gasteiger partial charge >= 0.3 is 5.97 Å². The lowest BCUT2D eigenvalue weighted by Gasteiger charge is -2.22. The first kappa shape index (κ1) is 46.7. The maximum Gasteiger partial charge on any atom is 0.319 e. The molecule has 0 spiro atoms. The number of carbonyl (C=O) groups is 1. The number of nitrogens with zero attached hydrogens (tertiary/aromatic N) is 1. The monoisotopic (exact) mass is 688 g/mol. The summed E-state index contributed by atoms with van der Waals surface area (Å²) >= 11 is 1.83. The van der Waals surface area contributed by atoms with E-state index in [2.05, 4.69) is 25.7 Å². The Labute approximate surface area is 297 Å². The molecule has 7 heteroatoms. The molecule has 0 aromatic heterocycles. The molecule has 282 valence electrons. The van der Waals surface area contributed by atoms with Crippen molar-refractivity contribution in [1.29, 1.82) is 0 Å². The van der Waals surface area contributed by atoms with Gasteiger partial charge in [0, 0.05) is 13.2 Å². The average Bonchev–Trinajstić information content (AvgIpc) is 3.07. The Balaban J connectivity index is 4.03. The van der Waals surface area contributed by atoms with Crippen LogP contribution < -0.4 is 0 Å². The summed E-state index contributed by atoms with van der Waals surface area (Å²) in [7, 11) is 0. The largest absolute Gasteiger partial charge is 0.465 e. The van der Waals surface area contributed by atoms with Crippen molar-refractivity contribution in [1.82, 2.24) is 4.90 Å². The van der Waals surface area contributed by atoms with Gasteiger partial charge in [-0.15, -0.1) is 11.8 Å². The summed E-state index contributed by atoms with van der Waals surface area (Å²) in [5.74, 6) is 1.09. The number of hydrogen-bond donors (Lipinski definition) is 2. The SMILES string of the molecule is CCCCCCCCCCSC(CCCC)C(=O)OCCCCCCN(CCCCO)CCCCCCOC(O)CCCCCCC. The number of ether oxygens (including phenoxy) is 2. The van der Waals surface area contributed by atoms with Crippen LogP contribution in [0.4, 0.5) is 0 Å². The Morgan fingerprint density at radius 3 is 1.66 bits per heavy atom. The molecule has 0 heterocycles. The predicted molar refractivity (Wildman–Crippen MR) is 204 cm³/mol. The van der Waals surface area contributed by atoms with E-state index >= 15 is 0 Å². The Bertz CT molecular complexity index is 625. The summed E-state index contributed by atoms with van der Waals surface area (Å²) in [6.07, 6.45) is 30.8. The quantitative estimate of drug-likeness (QED) is 0.0378. The van der Waals surface area contributed by atoms with Crippen molar-refractivity contribution >= 4 is 17.7 Å². The van der Waals surface area contributed by atoms with Crippen LogP contribution in [0.15, 0.2) is 0 Å². The average molecular weight is 688 g/mol. The van der Waals surface area contributed by atoms with Gasteiger partial charge in [-0.25, -0.2) is 0 Å². The van der Waals surface area contributed by atoms with Crippen molar-refractivity contribution in [2.24, 2.45) is 0 Å². The minimum absolute atomic E-state index is 0.0104. The molecular formula is C40H81NO5S. The minimum atomic E-state index is -0.596. The second kappa shape index (κ2) is 38.5. The van der Waals surface area contributed by atoms with Crippen LogP contribution in [0.25, 0.3) is 0 Å². The van der Waals surface area contributed by atoms with Crippen LogP contribution in [0.3, 0.4) is 0 Å². The lowest BCUT2D eigenvalue weighted by atomic mass is 10.1. The van der Waals surface area contributed by atoms with E-state index < -0.39 is 6.29 Å². The molecule has 0 rings (SSSR count). The number of thioether (sulfide) groups is 1. The Morgan fingerprint density at radius 1 is 0.574 bits per heavy atom. The molecule has 47 heavy (non-hydrogen) atoms. The van der Waals surface area contributed by atoms with Gasteiger partial charge in [0.15, 0.2) is 6.29 Å². The fourth-order valence-corrected chi connectivity index (χ4v) is 7.17. The molecule has 2 unspecified atom stereocenters. The summed E-state index contributed by atoms with van der Waals surface area (Å²) in [5.41, 5.74) is 0. The first-order chi connectivity index (χ1) is 23.1. The zero-order chi connectivity index (χ0) is 34.5. The second-order valence-electron chi connectivity index (χ2n) is 13.8. The molecule has 6 nitrogen and oxygen atoms in total. The van der Waals surface area contributed by atoms with Gasteiger partial charge in [-0.3, -0.25) is 4.79 Å². The normalized spacial score (nSPS) is 13.0. The van der Waals surface area contributed by atoms with E-state index in [-0.39, 0.29) is 17.8 Å². The molecule has 0 fully saturated rings. The molecule has 0 aliphatic heterocycles. The molecule has 2 N–H and O–H groups in total. The van der Waals surface area contributed by atoms with Crippen LogP contribution in [-0.4, -0.2) is 77.8 Å². The predicted octanol–water partition coefficient (Wildman–Crippen LogP) is 10.9. The van der Waals surface area contributed by atoms with Gasteiger partial charge in [0.05, 0.1) is 6.61 Å². The van der Waals surface area contributed by atoms with Gasteiger partial charge in [0.2, 0.25) is 0 Å². The lowest BCUT2D eigenvalue weighted by molar-refractivity contribution is -0.143. The second-order valence-corrected chi connectivity index (χ2v) is 15.1. The highest BCUT2D eigenvalue weighted by atomic mass is 32.2. The first-order valence-corrected chi connectivity index (χ1v) is 21.5.